The fourth-order valence-corrected chi connectivity index (χ4v) is 3.73. The van der Waals surface area contributed by atoms with E-state index in [9.17, 15) is 24.0 Å². The van der Waals surface area contributed by atoms with E-state index in [1.807, 2.05) is 0 Å². The maximum atomic E-state index is 12.8. The first kappa shape index (κ1) is 24.4. The lowest BCUT2D eigenvalue weighted by atomic mass is 10.0. The van der Waals surface area contributed by atoms with Crippen LogP contribution in [0.1, 0.15) is 62.4 Å². The molecule has 1 atom stereocenters. The van der Waals surface area contributed by atoms with Gasteiger partial charge in [0.1, 0.15) is 11.6 Å². The summed E-state index contributed by atoms with van der Waals surface area (Å²) in [6, 6.07) is 4.29. The normalized spacial score (nSPS) is 18.1. The van der Waals surface area contributed by atoms with E-state index in [1.54, 1.807) is 39.0 Å². The van der Waals surface area contributed by atoms with Crippen molar-refractivity contribution in [1.82, 2.24) is 10.2 Å². The highest BCUT2D eigenvalue weighted by molar-refractivity contribution is 6.06. The lowest BCUT2D eigenvalue weighted by molar-refractivity contribution is -0.156. The number of carbonyl (C=O) groups is 5. The van der Waals surface area contributed by atoms with E-state index in [1.165, 1.54) is 4.90 Å². The van der Waals surface area contributed by atoms with Gasteiger partial charge in [-0.25, -0.2) is 0 Å². The van der Waals surface area contributed by atoms with Crippen molar-refractivity contribution in [2.75, 3.05) is 18.5 Å². The maximum Gasteiger partial charge on any atom is 0.308 e. The molecule has 2 N–H and O–H groups in total. The summed E-state index contributed by atoms with van der Waals surface area (Å²) in [4.78, 5) is 61.9. The van der Waals surface area contributed by atoms with Gasteiger partial charge in [0, 0.05) is 29.8 Å². The molecule has 10 heteroatoms. The number of nitrogens with zero attached hydrogens (tertiary/aromatic N) is 1. The standard InChI is InChI=1S/C23H29N3O7/c1-23(2,3)33-20(29)10-12-32-11-9-19(28)24-16-6-4-5-14-15(16)13-26(22(14)31)17-7-8-18(27)25-21(17)30/h4-6,17H,7-13H2,1-3H3,(H,24,28)(H,25,27,30). The number of piperidine rings is 1. The summed E-state index contributed by atoms with van der Waals surface area (Å²) in [5, 5.41) is 5.06. The van der Waals surface area contributed by atoms with Crippen LogP contribution >= 0.6 is 0 Å². The molecular weight excluding hydrogens is 430 g/mol. The van der Waals surface area contributed by atoms with Gasteiger partial charge in [0.25, 0.3) is 5.91 Å². The molecule has 0 aromatic heterocycles. The molecule has 1 saturated heterocycles. The number of hydrogen-bond acceptors (Lipinski definition) is 7. The molecule has 0 spiro atoms. The number of amides is 4. The molecule has 2 heterocycles. The summed E-state index contributed by atoms with van der Waals surface area (Å²) in [7, 11) is 0. The van der Waals surface area contributed by atoms with Crippen molar-refractivity contribution in [3.05, 3.63) is 29.3 Å². The second-order valence-electron chi connectivity index (χ2n) is 8.98. The number of rotatable bonds is 8. The summed E-state index contributed by atoms with van der Waals surface area (Å²) in [6.07, 6.45) is 0.618. The Labute approximate surface area is 192 Å². The van der Waals surface area contributed by atoms with Crippen molar-refractivity contribution in [3.63, 3.8) is 0 Å². The first-order valence-corrected chi connectivity index (χ1v) is 10.9. The predicted octanol–water partition coefficient (Wildman–Crippen LogP) is 1.52. The van der Waals surface area contributed by atoms with Gasteiger partial charge in [0.2, 0.25) is 17.7 Å². The van der Waals surface area contributed by atoms with E-state index in [0.717, 1.165) is 0 Å². The molecule has 0 saturated carbocycles. The Balaban J connectivity index is 1.50. The van der Waals surface area contributed by atoms with Gasteiger partial charge in [0.15, 0.2) is 0 Å². The van der Waals surface area contributed by atoms with Crippen molar-refractivity contribution in [1.29, 1.82) is 0 Å². The number of carbonyl (C=O) groups excluding carboxylic acids is 5. The molecule has 33 heavy (non-hydrogen) atoms. The number of benzene rings is 1. The molecule has 2 aliphatic heterocycles. The summed E-state index contributed by atoms with van der Waals surface area (Å²) in [5.74, 6) is -1.80. The third-order valence-corrected chi connectivity index (χ3v) is 5.20. The molecule has 2 aliphatic rings. The zero-order chi connectivity index (χ0) is 24.2. The van der Waals surface area contributed by atoms with Gasteiger partial charge in [-0.05, 0) is 39.3 Å². The Hall–Kier alpha value is -3.27. The first-order chi connectivity index (χ1) is 15.5. The van der Waals surface area contributed by atoms with Gasteiger partial charge < -0.3 is 19.7 Å². The number of fused-ring (bicyclic) bond motifs is 1. The Kier molecular flexibility index (Phi) is 7.47. The Bertz CT molecular complexity index is 967. The largest absolute Gasteiger partial charge is 0.460 e. The van der Waals surface area contributed by atoms with Gasteiger partial charge in [0.05, 0.1) is 26.1 Å². The molecule has 1 aromatic rings. The number of imide groups is 1. The van der Waals surface area contributed by atoms with Gasteiger partial charge >= 0.3 is 5.97 Å². The molecule has 3 rings (SSSR count). The summed E-state index contributed by atoms with van der Waals surface area (Å²) < 4.78 is 10.5. The molecule has 0 radical (unpaired) electrons. The molecule has 1 unspecified atom stereocenters. The molecular formula is C23H29N3O7. The number of ether oxygens (including phenoxy) is 2. The summed E-state index contributed by atoms with van der Waals surface area (Å²) >= 11 is 0. The molecule has 4 amide bonds. The highest BCUT2D eigenvalue weighted by atomic mass is 16.6. The molecule has 0 bridgehead atoms. The van der Waals surface area contributed by atoms with Crippen LogP contribution in [0.5, 0.6) is 0 Å². The van der Waals surface area contributed by atoms with Gasteiger partial charge in [-0.15, -0.1) is 0 Å². The predicted molar refractivity (Wildman–Crippen MR) is 117 cm³/mol. The van der Waals surface area contributed by atoms with Crippen LogP contribution in [-0.4, -0.2) is 59.4 Å². The number of anilines is 1. The van der Waals surface area contributed by atoms with Crippen molar-refractivity contribution < 1.29 is 33.4 Å². The van der Waals surface area contributed by atoms with Gasteiger partial charge in [-0.1, -0.05) is 6.07 Å². The van der Waals surface area contributed by atoms with Crippen LogP contribution in [0, 0.1) is 0 Å². The third-order valence-electron chi connectivity index (χ3n) is 5.20. The van der Waals surface area contributed by atoms with Gasteiger partial charge in [-0.2, -0.15) is 0 Å². The fourth-order valence-electron chi connectivity index (χ4n) is 3.73. The van der Waals surface area contributed by atoms with Crippen LogP contribution in [0.2, 0.25) is 0 Å². The minimum absolute atomic E-state index is 0.0722. The van der Waals surface area contributed by atoms with Crippen LogP contribution in [0.4, 0.5) is 5.69 Å². The Morgan fingerprint density at radius 2 is 1.88 bits per heavy atom. The fraction of sp³-hybridized carbons (Fsp3) is 0.522. The van der Waals surface area contributed by atoms with Crippen LogP contribution in [0.25, 0.3) is 0 Å². The zero-order valence-corrected chi connectivity index (χ0v) is 19.1. The van der Waals surface area contributed by atoms with E-state index in [2.05, 4.69) is 10.6 Å². The van der Waals surface area contributed by atoms with Crippen LogP contribution in [-0.2, 0) is 35.2 Å². The topological polar surface area (TPSA) is 131 Å². The van der Waals surface area contributed by atoms with E-state index in [4.69, 9.17) is 9.47 Å². The smallest absolute Gasteiger partial charge is 0.308 e. The van der Waals surface area contributed by atoms with Crippen LogP contribution in [0.3, 0.4) is 0 Å². The highest BCUT2D eigenvalue weighted by Gasteiger charge is 2.39. The Morgan fingerprint density at radius 3 is 2.58 bits per heavy atom. The average Bonchev–Trinajstić information content (AvgIpc) is 3.04. The van der Waals surface area contributed by atoms with E-state index in [-0.39, 0.29) is 69.1 Å². The zero-order valence-electron chi connectivity index (χ0n) is 19.1. The summed E-state index contributed by atoms with van der Waals surface area (Å²) in [6.45, 7) is 5.81. The lowest BCUT2D eigenvalue weighted by Crippen LogP contribution is -2.52. The lowest BCUT2D eigenvalue weighted by Gasteiger charge is -2.29. The van der Waals surface area contributed by atoms with Crippen molar-refractivity contribution in [2.45, 2.75) is 64.6 Å². The SMILES string of the molecule is CC(C)(C)OC(=O)CCOCCC(=O)Nc1cccc2c1CN(C1CCC(=O)NC1=O)C2=O. The number of hydrogen-bond donors (Lipinski definition) is 2. The molecule has 0 aliphatic carbocycles. The van der Waals surface area contributed by atoms with Crippen LogP contribution in [0.15, 0.2) is 18.2 Å². The van der Waals surface area contributed by atoms with Crippen LogP contribution < -0.4 is 10.6 Å². The second kappa shape index (κ2) is 10.1. The third kappa shape index (κ3) is 6.38. The van der Waals surface area contributed by atoms with E-state index >= 15 is 0 Å². The number of nitrogens with one attached hydrogen (secondary N) is 2. The number of esters is 1. The Morgan fingerprint density at radius 1 is 1.15 bits per heavy atom. The minimum atomic E-state index is -0.718. The minimum Gasteiger partial charge on any atom is -0.460 e. The average molecular weight is 459 g/mol. The summed E-state index contributed by atoms with van der Waals surface area (Å²) in [5.41, 5.74) is 0.995. The molecule has 10 nitrogen and oxygen atoms in total. The molecule has 1 aromatic carbocycles. The van der Waals surface area contributed by atoms with Crippen molar-refractivity contribution >= 4 is 35.3 Å². The monoisotopic (exact) mass is 459 g/mol. The quantitative estimate of drug-likeness (QED) is 0.342. The second-order valence-corrected chi connectivity index (χ2v) is 8.98. The molecule has 1 fully saturated rings. The van der Waals surface area contributed by atoms with E-state index in [0.29, 0.717) is 16.8 Å². The van der Waals surface area contributed by atoms with Crippen molar-refractivity contribution in [3.8, 4) is 0 Å². The first-order valence-electron chi connectivity index (χ1n) is 10.9. The molecule has 178 valence electrons. The van der Waals surface area contributed by atoms with Crippen molar-refractivity contribution in [2.24, 2.45) is 0 Å². The van der Waals surface area contributed by atoms with E-state index < -0.39 is 17.6 Å². The highest BCUT2D eigenvalue weighted by Crippen LogP contribution is 2.32. The van der Waals surface area contributed by atoms with Gasteiger partial charge in [-0.3, -0.25) is 29.3 Å². The maximum absolute atomic E-state index is 12.8.